The van der Waals surface area contributed by atoms with E-state index >= 15 is 0 Å². The highest BCUT2D eigenvalue weighted by Gasteiger charge is 2.36. The molecule has 2 amide bonds. The van der Waals surface area contributed by atoms with Gasteiger partial charge in [-0.3, -0.25) is 4.79 Å². The highest BCUT2D eigenvalue weighted by molar-refractivity contribution is 5.85. The summed E-state index contributed by atoms with van der Waals surface area (Å²) >= 11 is 0. The van der Waals surface area contributed by atoms with Crippen molar-refractivity contribution in [2.24, 2.45) is 5.92 Å². The Labute approximate surface area is 130 Å². The molecule has 1 aliphatic rings. The molecule has 0 bridgehead atoms. The van der Waals surface area contributed by atoms with Gasteiger partial charge in [0.15, 0.2) is 0 Å². The van der Waals surface area contributed by atoms with Crippen molar-refractivity contribution in [2.45, 2.75) is 26.0 Å². The van der Waals surface area contributed by atoms with Crippen LogP contribution in [0.5, 0.6) is 0 Å². The zero-order valence-electron chi connectivity index (χ0n) is 12.7. The quantitative estimate of drug-likeness (QED) is 0.839. The lowest BCUT2D eigenvalue weighted by molar-refractivity contribution is -0.151. The summed E-state index contributed by atoms with van der Waals surface area (Å²) in [4.78, 5) is 23.9. The SMILES string of the molecule is C=C1NC(=O)N[C@@H](C=Cc2ccccc2)[C@H]1C(=O)OC(C)C. The van der Waals surface area contributed by atoms with Crippen molar-refractivity contribution in [3.8, 4) is 0 Å². The molecule has 0 aromatic heterocycles. The molecule has 0 aliphatic carbocycles. The lowest BCUT2D eigenvalue weighted by atomic mass is 9.93. The second-order valence-electron chi connectivity index (χ2n) is 5.38. The van der Waals surface area contributed by atoms with Crippen molar-refractivity contribution in [3.05, 3.63) is 54.2 Å². The molecular weight excluding hydrogens is 280 g/mol. The van der Waals surface area contributed by atoms with Crippen molar-refractivity contribution in [3.63, 3.8) is 0 Å². The summed E-state index contributed by atoms with van der Waals surface area (Å²) in [6.07, 6.45) is 3.42. The lowest BCUT2D eigenvalue weighted by Crippen LogP contribution is -2.55. The summed E-state index contributed by atoms with van der Waals surface area (Å²) in [6, 6.07) is 8.78. The third-order valence-electron chi connectivity index (χ3n) is 3.21. The minimum absolute atomic E-state index is 0.225. The van der Waals surface area contributed by atoms with Gasteiger partial charge in [-0.05, 0) is 19.4 Å². The van der Waals surface area contributed by atoms with Crippen LogP contribution in [0.4, 0.5) is 4.79 Å². The number of benzene rings is 1. The fourth-order valence-corrected chi connectivity index (χ4v) is 2.24. The zero-order chi connectivity index (χ0) is 16.1. The smallest absolute Gasteiger partial charge is 0.319 e. The van der Waals surface area contributed by atoms with E-state index in [0.29, 0.717) is 5.70 Å². The van der Waals surface area contributed by atoms with Crippen LogP contribution < -0.4 is 10.6 Å². The van der Waals surface area contributed by atoms with Gasteiger partial charge in [0.25, 0.3) is 0 Å². The maximum Gasteiger partial charge on any atom is 0.319 e. The summed E-state index contributed by atoms with van der Waals surface area (Å²) in [5.74, 6) is -1.06. The number of esters is 1. The standard InChI is InChI=1S/C17H20N2O3/c1-11(2)22-16(20)15-12(3)18-17(21)19-14(15)10-9-13-7-5-4-6-8-13/h4-11,14-15H,3H2,1-2H3,(H2,18,19,21)/t14-,15-/m0/s1. The third-order valence-corrected chi connectivity index (χ3v) is 3.21. The Bertz CT molecular complexity index is 593. The molecule has 0 radical (unpaired) electrons. The van der Waals surface area contributed by atoms with Gasteiger partial charge >= 0.3 is 12.0 Å². The number of carbonyl (C=O) groups is 2. The van der Waals surface area contributed by atoms with Crippen molar-refractivity contribution in [2.75, 3.05) is 0 Å². The fraction of sp³-hybridized carbons (Fsp3) is 0.294. The van der Waals surface area contributed by atoms with Crippen molar-refractivity contribution in [1.82, 2.24) is 10.6 Å². The Balaban J connectivity index is 2.19. The third kappa shape index (κ3) is 3.97. The molecule has 116 valence electrons. The number of hydrogen-bond acceptors (Lipinski definition) is 3. The molecule has 22 heavy (non-hydrogen) atoms. The van der Waals surface area contributed by atoms with Crippen LogP contribution >= 0.6 is 0 Å². The molecule has 0 unspecified atom stereocenters. The predicted octanol–water partition coefficient (Wildman–Crippen LogP) is 2.46. The minimum atomic E-state index is -0.653. The molecule has 2 rings (SSSR count). The maximum absolute atomic E-state index is 12.2. The first kappa shape index (κ1) is 15.8. The molecule has 2 N–H and O–H groups in total. The van der Waals surface area contributed by atoms with E-state index in [0.717, 1.165) is 5.56 Å². The second-order valence-corrected chi connectivity index (χ2v) is 5.38. The van der Waals surface area contributed by atoms with Gasteiger partial charge in [-0.15, -0.1) is 0 Å². The van der Waals surface area contributed by atoms with Gasteiger partial charge in [-0.1, -0.05) is 49.1 Å². The van der Waals surface area contributed by atoms with Gasteiger partial charge < -0.3 is 15.4 Å². The normalized spacial score (nSPS) is 21.6. The number of urea groups is 1. The van der Waals surface area contributed by atoms with E-state index in [1.807, 2.05) is 36.4 Å². The summed E-state index contributed by atoms with van der Waals surface area (Å²) in [7, 11) is 0. The number of ether oxygens (including phenoxy) is 1. The molecule has 1 aliphatic heterocycles. The summed E-state index contributed by atoms with van der Waals surface area (Å²) < 4.78 is 5.25. The maximum atomic E-state index is 12.2. The largest absolute Gasteiger partial charge is 0.462 e. The molecule has 0 spiro atoms. The number of carbonyl (C=O) groups excluding carboxylic acids is 2. The number of hydrogen-bond donors (Lipinski definition) is 2. The zero-order valence-corrected chi connectivity index (χ0v) is 12.7. The lowest BCUT2D eigenvalue weighted by Gasteiger charge is -2.31. The van der Waals surface area contributed by atoms with Crippen LogP contribution in [-0.4, -0.2) is 24.1 Å². The second kappa shape index (κ2) is 6.93. The Morgan fingerprint density at radius 1 is 1.32 bits per heavy atom. The van der Waals surface area contributed by atoms with E-state index in [1.54, 1.807) is 19.9 Å². The van der Waals surface area contributed by atoms with Gasteiger partial charge in [0.05, 0.1) is 12.1 Å². The van der Waals surface area contributed by atoms with Crippen LogP contribution in [0.1, 0.15) is 19.4 Å². The molecule has 1 fully saturated rings. The first-order valence-corrected chi connectivity index (χ1v) is 7.17. The van der Waals surface area contributed by atoms with Crippen molar-refractivity contribution >= 4 is 18.1 Å². The monoisotopic (exact) mass is 300 g/mol. The van der Waals surface area contributed by atoms with E-state index in [1.165, 1.54) is 0 Å². The molecule has 1 aromatic carbocycles. The Kier molecular flexibility index (Phi) is 4.99. The highest BCUT2D eigenvalue weighted by atomic mass is 16.5. The van der Waals surface area contributed by atoms with E-state index in [9.17, 15) is 9.59 Å². The fourth-order valence-electron chi connectivity index (χ4n) is 2.24. The molecule has 1 aromatic rings. The average molecular weight is 300 g/mol. The van der Waals surface area contributed by atoms with Gasteiger partial charge in [-0.25, -0.2) is 4.79 Å². The van der Waals surface area contributed by atoms with Gasteiger partial charge in [0.1, 0.15) is 5.92 Å². The van der Waals surface area contributed by atoms with Gasteiger partial charge in [-0.2, -0.15) is 0 Å². The molecule has 2 atom stereocenters. The first-order valence-electron chi connectivity index (χ1n) is 7.17. The van der Waals surface area contributed by atoms with Gasteiger partial charge in [0.2, 0.25) is 0 Å². The Morgan fingerprint density at radius 3 is 2.64 bits per heavy atom. The molecule has 1 heterocycles. The van der Waals surface area contributed by atoms with Gasteiger partial charge in [0, 0.05) is 5.70 Å². The van der Waals surface area contributed by atoms with Crippen LogP contribution in [0, 0.1) is 5.92 Å². The Morgan fingerprint density at radius 2 is 2.00 bits per heavy atom. The van der Waals surface area contributed by atoms with Crippen LogP contribution in [0.3, 0.4) is 0 Å². The minimum Gasteiger partial charge on any atom is -0.462 e. The molecule has 5 heteroatoms. The highest BCUT2D eigenvalue weighted by Crippen LogP contribution is 2.20. The topological polar surface area (TPSA) is 67.4 Å². The summed E-state index contributed by atoms with van der Waals surface area (Å²) in [5.41, 5.74) is 1.33. The van der Waals surface area contributed by atoms with Crippen molar-refractivity contribution < 1.29 is 14.3 Å². The van der Waals surface area contributed by atoms with Crippen LogP contribution in [0.25, 0.3) is 6.08 Å². The van der Waals surface area contributed by atoms with Crippen molar-refractivity contribution in [1.29, 1.82) is 0 Å². The van der Waals surface area contributed by atoms with Crippen LogP contribution in [-0.2, 0) is 9.53 Å². The molecule has 5 nitrogen and oxygen atoms in total. The summed E-state index contributed by atoms with van der Waals surface area (Å²) in [5, 5.41) is 5.26. The van der Waals surface area contributed by atoms with E-state index in [-0.39, 0.29) is 12.1 Å². The number of amides is 2. The Hall–Kier alpha value is -2.56. The first-order chi connectivity index (χ1) is 10.5. The summed E-state index contributed by atoms with van der Waals surface area (Å²) in [6.45, 7) is 7.34. The predicted molar refractivity (Wildman–Crippen MR) is 84.8 cm³/mol. The van der Waals surface area contributed by atoms with Crippen LogP contribution in [0.2, 0.25) is 0 Å². The number of rotatable bonds is 4. The molecular formula is C17H20N2O3. The van der Waals surface area contributed by atoms with Crippen LogP contribution in [0.15, 0.2) is 48.7 Å². The molecule has 0 saturated carbocycles. The number of nitrogens with one attached hydrogen (secondary N) is 2. The molecule has 1 saturated heterocycles. The van der Waals surface area contributed by atoms with E-state index in [4.69, 9.17) is 4.74 Å². The van der Waals surface area contributed by atoms with E-state index in [2.05, 4.69) is 17.2 Å². The van der Waals surface area contributed by atoms with E-state index < -0.39 is 17.9 Å². The average Bonchev–Trinajstić information content (AvgIpc) is 2.44.